The lowest BCUT2D eigenvalue weighted by Crippen LogP contribution is -2.50. The monoisotopic (exact) mass is 563 g/mol. The summed E-state index contributed by atoms with van der Waals surface area (Å²) in [4.78, 5) is 38.2. The highest BCUT2D eigenvalue weighted by molar-refractivity contribution is 7.60. The van der Waals surface area contributed by atoms with Crippen molar-refractivity contribution in [3.8, 4) is 0 Å². The summed E-state index contributed by atoms with van der Waals surface area (Å²) in [5.74, 6) is -0.903. The molecule has 1 amide bonds. The number of rotatable bonds is 11. The molecule has 1 aliphatic carbocycles. The van der Waals surface area contributed by atoms with E-state index < -0.39 is 37.3 Å². The zero-order chi connectivity index (χ0) is 27.5. The topological polar surface area (TPSA) is 163 Å². The molecule has 14 heteroatoms. The van der Waals surface area contributed by atoms with E-state index in [9.17, 15) is 14.2 Å². The summed E-state index contributed by atoms with van der Waals surface area (Å²) in [6.07, 6.45) is 4.49. The van der Waals surface area contributed by atoms with Gasteiger partial charge in [-0.2, -0.15) is 0 Å². The van der Waals surface area contributed by atoms with E-state index in [1.54, 1.807) is 43.8 Å². The molecule has 204 valence electrons. The lowest BCUT2D eigenvalue weighted by atomic mass is 9.96. The molecule has 38 heavy (non-hydrogen) atoms. The summed E-state index contributed by atoms with van der Waals surface area (Å²) < 4.78 is 27.2. The third-order valence-corrected chi connectivity index (χ3v) is 8.36. The first-order valence-electron chi connectivity index (χ1n) is 12.2. The molecule has 4 N–H and O–H groups in total. The number of nitrogens with one attached hydrogen (secondary N) is 2. The fourth-order valence-electron chi connectivity index (χ4n) is 3.80. The Morgan fingerprint density at radius 3 is 2.61 bits per heavy atom. The van der Waals surface area contributed by atoms with Gasteiger partial charge >= 0.3 is 5.97 Å². The number of ether oxygens (including phenoxy) is 2. The normalized spacial score (nSPS) is 16.4. The summed E-state index contributed by atoms with van der Waals surface area (Å²) in [6, 6.07) is 6.14. The maximum atomic E-state index is 14.1. The van der Waals surface area contributed by atoms with Crippen LogP contribution in [0, 0.1) is 0 Å². The Morgan fingerprint density at radius 1 is 1.24 bits per heavy atom. The smallest absolute Gasteiger partial charge is 0.326 e. The molecule has 1 aromatic carbocycles. The van der Waals surface area contributed by atoms with Gasteiger partial charge in [0.05, 0.1) is 19.0 Å². The molecule has 4 rings (SSSR count). The van der Waals surface area contributed by atoms with Crippen molar-refractivity contribution >= 4 is 47.9 Å². The van der Waals surface area contributed by atoms with E-state index in [1.165, 1.54) is 18.5 Å². The van der Waals surface area contributed by atoms with Crippen LogP contribution in [-0.4, -0.2) is 55.5 Å². The number of nitrogens with two attached hydrogens (primary N) is 1. The van der Waals surface area contributed by atoms with Crippen LogP contribution in [0.15, 0.2) is 36.9 Å². The Hall–Kier alpha value is -3.05. The van der Waals surface area contributed by atoms with E-state index in [-0.39, 0.29) is 17.5 Å². The number of hydrogen-bond acceptors (Lipinski definition) is 9. The first kappa shape index (κ1) is 28.0. The zero-order valence-corrected chi connectivity index (χ0v) is 23.0. The van der Waals surface area contributed by atoms with Gasteiger partial charge in [0.25, 0.3) is 13.4 Å². The summed E-state index contributed by atoms with van der Waals surface area (Å²) in [5.41, 5.74) is 5.75. The highest BCUT2D eigenvalue weighted by Gasteiger charge is 2.40. The maximum absolute atomic E-state index is 14.1. The van der Waals surface area contributed by atoms with E-state index in [0.29, 0.717) is 22.7 Å². The highest BCUT2D eigenvalue weighted by Crippen LogP contribution is 2.40. The second kappa shape index (κ2) is 11.4. The molecule has 2 heterocycles. The van der Waals surface area contributed by atoms with Gasteiger partial charge in [0.2, 0.25) is 0 Å². The van der Waals surface area contributed by atoms with Crippen LogP contribution in [0.1, 0.15) is 50.4 Å². The molecule has 2 atom stereocenters. The van der Waals surface area contributed by atoms with Gasteiger partial charge in [-0.1, -0.05) is 11.6 Å². The Bertz CT molecular complexity index is 1360. The minimum Gasteiger partial charge on any atom is -0.461 e. The van der Waals surface area contributed by atoms with Crippen molar-refractivity contribution in [2.75, 3.05) is 12.1 Å². The number of hydrogen-bond donors (Lipinski definition) is 3. The minimum atomic E-state index is -3.84. The lowest BCUT2D eigenvalue weighted by Gasteiger charge is -2.34. The van der Waals surface area contributed by atoms with Crippen molar-refractivity contribution in [3.05, 3.63) is 47.5 Å². The van der Waals surface area contributed by atoms with Crippen molar-refractivity contribution in [1.29, 1.82) is 0 Å². The summed E-state index contributed by atoms with van der Waals surface area (Å²) >= 11 is 5.93. The van der Waals surface area contributed by atoms with E-state index in [0.717, 1.165) is 19.3 Å². The Kier molecular flexibility index (Phi) is 8.37. The molecule has 0 saturated heterocycles. The van der Waals surface area contributed by atoms with Gasteiger partial charge < -0.3 is 19.8 Å². The predicted molar refractivity (Wildman–Crippen MR) is 143 cm³/mol. The van der Waals surface area contributed by atoms with E-state index in [1.807, 2.05) is 0 Å². The average Bonchev–Trinajstić information content (AvgIpc) is 3.24. The van der Waals surface area contributed by atoms with Gasteiger partial charge in [0, 0.05) is 10.6 Å². The van der Waals surface area contributed by atoms with Gasteiger partial charge in [0.15, 0.2) is 11.5 Å². The molecule has 1 fully saturated rings. The molecular weight excluding hydrogens is 533 g/mol. The first-order valence-corrected chi connectivity index (χ1v) is 14.4. The third-order valence-electron chi connectivity index (χ3n) is 6.11. The summed E-state index contributed by atoms with van der Waals surface area (Å²) in [7, 11) is -3.84. The zero-order valence-electron chi connectivity index (χ0n) is 21.4. The van der Waals surface area contributed by atoms with Gasteiger partial charge in [-0.3, -0.25) is 19.2 Å². The van der Waals surface area contributed by atoms with Gasteiger partial charge in [-0.05, 0) is 64.3 Å². The highest BCUT2D eigenvalue weighted by atomic mass is 35.5. The minimum absolute atomic E-state index is 0.147. The number of imidazole rings is 1. The molecule has 1 aliphatic rings. The van der Waals surface area contributed by atoms with Gasteiger partial charge in [0.1, 0.15) is 29.8 Å². The number of fused-ring (bicyclic) bond motifs is 1. The Morgan fingerprint density at radius 2 is 1.95 bits per heavy atom. The lowest BCUT2D eigenvalue weighted by molar-refractivity contribution is -0.159. The third kappa shape index (κ3) is 6.68. The van der Waals surface area contributed by atoms with Gasteiger partial charge in [-0.15, -0.1) is 0 Å². The first-order chi connectivity index (χ1) is 18.0. The number of nitrogens with zero attached hydrogens (tertiary/aromatic N) is 4. The maximum Gasteiger partial charge on any atom is 0.326 e. The van der Waals surface area contributed by atoms with Crippen LogP contribution < -0.4 is 15.9 Å². The van der Waals surface area contributed by atoms with E-state index in [4.69, 9.17) is 26.8 Å². The van der Waals surface area contributed by atoms with Crippen molar-refractivity contribution in [3.63, 3.8) is 0 Å². The quantitative estimate of drug-likeness (QED) is 0.232. The van der Waals surface area contributed by atoms with Crippen molar-refractivity contribution in [2.45, 2.75) is 64.3 Å². The van der Waals surface area contributed by atoms with Gasteiger partial charge in [-0.25, -0.2) is 20.0 Å². The van der Waals surface area contributed by atoms with Crippen molar-refractivity contribution in [2.24, 2.45) is 0 Å². The predicted octanol–water partition coefficient (Wildman–Crippen LogP) is 3.51. The van der Waals surface area contributed by atoms with Crippen LogP contribution in [0.3, 0.4) is 0 Å². The number of esters is 1. The average molecular weight is 564 g/mol. The fourth-order valence-corrected chi connectivity index (χ4v) is 6.03. The number of amides is 1. The SMILES string of the molecule is C[C@H](Cn1cnc2c(N)ncnc21)OCP(=O)(NC(=O)c1ccc(Cl)cc1)NC(C)(C)C(=O)OC1CCC1. The number of anilines is 1. The molecular formula is C24H31ClN7O5P. The molecule has 1 saturated carbocycles. The molecule has 0 aliphatic heterocycles. The Labute approximate surface area is 225 Å². The van der Waals surface area contributed by atoms with Crippen LogP contribution in [0.2, 0.25) is 5.02 Å². The van der Waals surface area contributed by atoms with Crippen LogP contribution in [0.4, 0.5) is 5.82 Å². The largest absolute Gasteiger partial charge is 0.461 e. The molecule has 1 unspecified atom stereocenters. The van der Waals surface area contributed by atoms with Crippen LogP contribution >= 0.6 is 19.0 Å². The van der Waals surface area contributed by atoms with Crippen molar-refractivity contribution < 1.29 is 23.6 Å². The standard InChI is InChI=1S/C24H31ClN7O5P/c1-15(11-32-13-29-19-20(26)27-12-28-21(19)32)36-14-38(35,30-22(33)16-7-9-17(25)10-8-16)31-24(2,3)23(34)37-18-5-4-6-18/h7-10,12-13,15,18H,4-6,11,14H2,1-3H3,(H2,26,27,28)(H2,30,31,33,35)/t15-,38?/m1/s1. The van der Waals surface area contributed by atoms with Crippen LogP contribution in [0.5, 0.6) is 0 Å². The number of benzene rings is 1. The summed E-state index contributed by atoms with van der Waals surface area (Å²) in [5, 5.41) is 5.83. The van der Waals surface area contributed by atoms with Crippen LogP contribution in [-0.2, 0) is 25.4 Å². The summed E-state index contributed by atoms with van der Waals surface area (Å²) in [6.45, 7) is 5.20. The molecule has 3 aromatic rings. The fraction of sp³-hybridized carbons (Fsp3) is 0.458. The Balaban J connectivity index is 1.48. The van der Waals surface area contributed by atoms with E-state index in [2.05, 4.69) is 25.1 Å². The molecule has 0 bridgehead atoms. The second-order valence-electron chi connectivity index (χ2n) is 9.82. The number of nitrogen functional groups attached to an aromatic ring is 1. The molecule has 2 aromatic heterocycles. The van der Waals surface area contributed by atoms with Crippen molar-refractivity contribution in [1.82, 2.24) is 29.7 Å². The number of aromatic nitrogens is 4. The molecule has 12 nitrogen and oxygen atoms in total. The van der Waals surface area contributed by atoms with E-state index >= 15 is 0 Å². The number of carbonyl (C=O) groups excluding carboxylic acids is 2. The number of halogens is 1. The molecule has 0 radical (unpaired) electrons. The number of carbonyl (C=O) groups is 2. The second-order valence-corrected chi connectivity index (χ2v) is 12.4. The van der Waals surface area contributed by atoms with Crippen LogP contribution in [0.25, 0.3) is 11.2 Å². The molecule has 0 spiro atoms.